The lowest BCUT2D eigenvalue weighted by atomic mass is 9.91. The van der Waals surface area contributed by atoms with Gasteiger partial charge in [-0.15, -0.1) is 0 Å². The lowest BCUT2D eigenvalue weighted by Gasteiger charge is -2.33. The summed E-state index contributed by atoms with van der Waals surface area (Å²) in [6, 6.07) is 0.470. The summed E-state index contributed by atoms with van der Waals surface area (Å²) in [7, 11) is 0. The summed E-state index contributed by atoms with van der Waals surface area (Å²) >= 11 is 0. The third-order valence-electron chi connectivity index (χ3n) is 4.52. The maximum Gasteiger partial charge on any atom is 0.239 e. The number of primary amides is 1. The minimum atomic E-state index is -0.584. The van der Waals surface area contributed by atoms with Crippen LogP contribution in [0.15, 0.2) is 6.33 Å². The first kappa shape index (κ1) is 12.7. The van der Waals surface area contributed by atoms with Crippen LogP contribution in [0.25, 0.3) is 0 Å². The van der Waals surface area contributed by atoms with E-state index in [1.807, 2.05) is 20.2 Å². The van der Waals surface area contributed by atoms with Crippen LogP contribution in [0.5, 0.6) is 0 Å². The van der Waals surface area contributed by atoms with Crippen molar-refractivity contribution in [1.29, 1.82) is 0 Å². The Labute approximate surface area is 113 Å². The predicted octanol–water partition coefficient (Wildman–Crippen LogP) is 0.886. The maximum absolute atomic E-state index is 12.1. The van der Waals surface area contributed by atoms with E-state index in [1.165, 1.54) is 0 Å². The fourth-order valence-electron chi connectivity index (χ4n) is 2.78. The molecule has 5 nitrogen and oxygen atoms in total. The summed E-state index contributed by atoms with van der Waals surface area (Å²) in [6.07, 6.45) is 6.32. The molecule has 2 aliphatic rings. The molecular formula is C14H22N4O. The first-order chi connectivity index (χ1) is 9.03. The zero-order valence-corrected chi connectivity index (χ0v) is 11.6. The molecule has 2 aliphatic carbocycles. The SMILES string of the molecule is Cc1ncn(CC(NC2CC2)(C(N)=O)C2CC2)c1C. The van der Waals surface area contributed by atoms with E-state index in [9.17, 15) is 4.79 Å². The van der Waals surface area contributed by atoms with Gasteiger partial charge < -0.3 is 10.3 Å². The second kappa shape index (κ2) is 4.34. The molecule has 0 aromatic carbocycles. The van der Waals surface area contributed by atoms with Crippen molar-refractivity contribution in [2.75, 3.05) is 0 Å². The Bertz CT molecular complexity index is 502. The van der Waals surface area contributed by atoms with Gasteiger partial charge in [-0.3, -0.25) is 10.1 Å². The number of aromatic nitrogens is 2. The molecule has 1 heterocycles. The average molecular weight is 262 g/mol. The van der Waals surface area contributed by atoms with Gasteiger partial charge in [-0.05, 0) is 45.4 Å². The van der Waals surface area contributed by atoms with Crippen molar-refractivity contribution in [3.05, 3.63) is 17.7 Å². The smallest absolute Gasteiger partial charge is 0.239 e. The largest absolute Gasteiger partial charge is 0.368 e. The molecule has 104 valence electrons. The van der Waals surface area contributed by atoms with Crippen LogP contribution in [0.2, 0.25) is 0 Å². The molecule has 0 spiro atoms. The normalized spacial score (nSPS) is 22.2. The third kappa shape index (κ3) is 2.27. The van der Waals surface area contributed by atoms with Crippen LogP contribution in [0.1, 0.15) is 37.1 Å². The fraction of sp³-hybridized carbons (Fsp3) is 0.714. The zero-order valence-electron chi connectivity index (χ0n) is 11.6. The van der Waals surface area contributed by atoms with Gasteiger partial charge in [0.15, 0.2) is 0 Å². The van der Waals surface area contributed by atoms with E-state index < -0.39 is 5.54 Å². The zero-order chi connectivity index (χ0) is 13.6. The van der Waals surface area contributed by atoms with Crippen molar-refractivity contribution in [3.8, 4) is 0 Å². The van der Waals surface area contributed by atoms with Gasteiger partial charge in [0, 0.05) is 11.7 Å². The van der Waals surface area contributed by atoms with Gasteiger partial charge in [-0.25, -0.2) is 4.98 Å². The van der Waals surface area contributed by atoms with Crippen LogP contribution in [-0.4, -0.2) is 27.0 Å². The number of hydrogen-bond donors (Lipinski definition) is 2. The van der Waals surface area contributed by atoms with E-state index in [4.69, 9.17) is 5.73 Å². The van der Waals surface area contributed by atoms with Crippen LogP contribution >= 0.6 is 0 Å². The molecule has 1 aromatic rings. The van der Waals surface area contributed by atoms with E-state index in [2.05, 4.69) is 14.9 Å². The van der Waals surface area contributed by atoms with E-state index >= 15 is 0 Å². The molecule has 0 saturated heterocycles. The molecule has 5 heteroatoms. The topological polar surface area (TPSA) is 72.9 Å². The van der Waals surface area contributed by atoms with Gasteiger partial charge in [0.1, 0.15) is 5.54 Å². The van der Waals surface area contributed by atoms with Crippen LogP contribution < -0.4 is 11.1 Å². The molecule has 2 saturated carbocycles. The number of amides is 1. The lowest BCUT2D eigenvalue weighted by Crippen LogP contribution is -2.60. The van der Waals surface area contributed by atoms with Crippen LogP contribution in [0, 0.1) is 19.8 Å². The quantitative estimate of drug-likeness (QED) is 0.799. The van der Waals surface area contributed by atoms with Gasteiger partial charge in [-0.2, -0.15) is 0 Å². The second-order valence-electron chi connectivity index (χ2n) is 6.07. The molecular weight excluding hydrogens is 240 g/mol. The van der Waals surface area contributed by atoms with Crippen molar-refractivity contribution < 1.29 is 4.79 Å². The van der Waals surface area contributed by atoms with E-state index in [0.717, 1.165) is 37.1 Å². The summed E-state index contributed by atoms with van der Waals surface area (Å²) in [5.74, 6) is 0.167. The number of nitrogens with one attached hydrogen (secondary N) is 1. The number of rotatable bonds is 6. The van der Waals surface area contributed by atoms with Gasteiger partial charge >= 0.3 is 0 Å². The van der Waals surface area contributed by atoms with E-state index in [1.54, 1.807) is 0 Å². The number of carbonyl (C=O) groups is 1. The predicted molar refractivity (Wildman–Crippen MR) is 72.5 cm³/mol. The summed E-state index contributed by atoms with van der Waals surface area (Å²) in [6.45, 7) is 4.64. The minimum Gasteiger partial charge on any atom is -0.368 e. The highest BCUT2D eigenvalue weighted by atomic mass is 16.1. The summed E-state index contributed by atoms with van der Waals surface area (Å²) in [5.41, 5.74) is 7.30. The molecule has 1 amide bonds. The number of nitrogens with two attached hydrogens (primary N) is 1. The van der Waals surface area contributed by atoms with Crippen LogP contribution in [-0.2, 0) is 11.3 Å². The molecule has 0 radical (unpaired) electrons. The first-order valence-electron chi connectivity index (χ1n) is 7.09. The third-order valence-corrected chi connectivity index (χ3v) is 4.52. The maximum atomic E-state index is 12.1. The van der Waals surface area contributed by atoms with Crippen molar-refractivity contribution in [3.63, 3.8) is 0 Å². The number of hydrogen-bond acceptors (Lipinski definition) is 3. The van der Waals surface area contributed by atoms with Crippen LogP contribution in [0.4, 0.5) is 0 Å². The number of imidazole rings is 1. The fourth-order valence-corrected chi connectivity index (χ4v) is 2.78. The monoisotopic (exact) mass is 262 g/mol. The molecule has 1 atom stereocenters. The Balaban J connectivity index is 1.89. The number of aryl methyl sites for hydroxylation is 1. The second-order valence-corrected chi connectivity index (χ2v) is 6.07. The summed E-state index contributed by atoms with van der Waals surface area (Å²) < 4.78 is 2.06. The summed E-state index contributed by atoms with van der Waals surface area (Å²) in [4.78, 5) is 16.4. The van der Waals surface area contributed by atoms with Crippen molar-refractivity contribution in [2.45, 2.75) is 57.7 Å². The number of carbonyl (C=O) groups excluding carboxylic acids is 1. The number of nitrogens with zero attached hydrogens (tertiary/aromatic N) is 2. The molecule has 1 unspecified atom stereocenters. The lowest BCUT2D eigenvalue weighted by molar-refractivity contribution is -0.126. The minimum absolute atomic E-state index is 0.215. The van der Waals surface area contributed by atoms with Crippen LogP contribution in [0.3, 0.4) is 0 Å². The van der Waals surface area contributed by atoms with Gasteiger partial charge in [0.2, 0.25) is 5.91 Å². The van der Waals surface area contributed by atoms with E-state index in [0.29, 0.717) is 18.5 Å². The molecule has 19 heavy (non-hydrogen) atoms. The first-order valence-corrected chi connectivity index (χ1v) is 7.09. The molecule has 2 fully saturated rings. The Morgan fingerprint density at radius 3 is 2.58 bits per heavy atom. The Morgan fingerprint density at radius 1 is 1.47 bits per heavy atom. The van der Waals surface area contributed by atoms with Crippen molar-refractivity contribution >= 4 is 5.91 Å². The highest BCUT2D eigenvalue weighted by Crippen LogP contribution is 2.42. The van der Waals surface area contributed by atoms with Gasteiger partial charge in [0.25, 0.3) is 0 Å². The molecule has 1 aromatic heterocycles. The Hall–Kier alpha value is -1.36. The average Bonchev–Trinajstić information content (AvgIpc) is 3.25. The van der Waals surface area contributed by atoms with Gasteiger partial charge in [0.05, 0.1) is 18.6 Å². The molecule has 3 N–H and O–H groups in total. The molecule has 3 rings (SSSR count). The standard InChI is InChI=1S/C14H22N4O/c1-9-10(2)18(8-16-9)7-14(13(15)19,11-3-4-11)17-12-5-6-12/h8,11-12,17H,3-7H2,1-2H3,(H2,15,19). The Kier molecular flexibility index (Phi) is 2.89. The molecule has 0 aliphatic heterocycles. The highest BCUT2D eigenvalue weighted by Gasteiger charge is 2.52. The highest BCUT2D eigenvalue weighted by molar-refractivity contribution is 5.85. The molecule has 0 bridgehead atoms. The Morgan fingerprint density at radius 2 is 2.16 bits per heavy atom. The van der Waals surface area contributed by atoms with Crippen molar-refractivity contribution in [1.82, 2.24) is 14.9 Å². The van der Waals surface area contributed by atoms with Crippen molar-refractivity contribution in [2.24, 2.45) is 11.7 Å². The summed E-state index contributed by atoms with van der Waals surface area (Å²) in [5, 5.41) is 3.53. The van der Waals surface area contributed by atoms with Gasteiger partial charge in [-0.1, -0.05) is 0 Å². The van der Waals surface area contributed by atoms with E-state index in [-0.39, 0.29) is 5.91 Å².